The quantitative estimate of drug-likeness (QED) is 0.741. The standard InChI is InChI=1S/C23H27N5O4/c1-15-19(23(31)26-17-5-7-18(32-2)8-6-17)12-24-22(25-15)16-9-11-28(13-16)21(30)14-27-10-3-4-20(27)29/h5-8,12,16H,3-4,9-11,13-14H2,1-2H3,(H,26,31). The topological polar surface area (TPSA) is 105 Å². The van der Waals surface area contributed by atoms with Gasteiger partial charge in [-0.25, -0.2) is 9.97 Å². The van der Waals surface area contributed by atoms with Crippen LogP contribution in [0.2, 0.25) is 0 Å². The van der Waals surface area contributed by atoms with Crippen LogP contribution in [0.15, 0.2) is 30.5 Å². The van der Waals surface area contributed by atoms with Crippen molar-refractivity contribution in [2.24, 2.45) is 0 Å². The first kappa shape index (κ1) is 21.7. The fourth-order valence-electron chi connectivity index (χ4n) is 4.11. The van der Waals surface area contributed by atoms with Crippen molar-refractivity contribution < 1.29 is 19.1 Å². The van der Waals surface area contributed by atoms with E-state index in [1.165, 1.54) is 0 Å². The average molecular weight is 438 g/mol. The molecule has 0 saturated carbocycles. The Morgan fingerprint density at radius 1 is 1.22 bits per heavy atom. The summed E-state index contributed by atoms with van der Waals surface area (Å²) >= 11 is 0. The summed E-state index contributed by atoms with van der Waals surface area (Å²) in [6.07, 6.45) is 3.65. The van der Waals surface area contributed by atoms with Gasteiger partial charge in [0.25, 0.3) is 5.91 Å². The number of likely N-dealkylation sites (tertiary alicyclic amines) is 2. The van der Waals surface area contributed by atoms with Crippen molar-refractivity contribution in [2.45, 2.75) is 32.1 Å². The van der Waals surface area contributed by atoms with Gasteiger partial charge in [0.2, 0.25) is 11.8 Å². The van der Waals surface area contributed by atoms with Crippen LogP contribution in [0.5, 0.6) is 5.75 Å². The van der Waals surface area contributed by atoms with Crippen molar-refractivity contribution >= 4 is 23.4 Å². The number of nitrogens with one attached hydrogen (secondary N) is 1. The third kappa shape index (κ3) is 4.71. The number of methoxy groups -OCH3 is 1. The highest BCUT2D eigenvalue weighted by atomic mass is 16.5. The number of hydrogen-bond donors (Lipinski definition) is 1. The molecule has 0 aliphatic carbocycles. The Balaban J connectivity index is 1.37. The summed E-state index contributed by atoms with van der Waals surface area (Å²) in [5, 5.41) is 2.84. The van der Waals surface area contributed by atoms with E-state index >= 15 is 0 Å². The van der Waals surface area contributed by atoms with Gasteiger partial charge in [0, 0.05) is 43.9 Å². The fourth-order valence-corrected chi connectivity index (χ4v) is 4.11. The Kier molecular flexibility index (Phi) is 6.34. The highest BCUT2D eigenvalue weighted by Gasteiger charge is 2.32. The van der Waals surface area contributed by atoms with Crippen LogP contribution < -0.4 is 10.1 Å². The summed E-state index contributed by atoms with van der Waals surface area (Å²) < 4.78 is 5.13. The zero-order chi connectivity index (χ0) is 22.7. The van der Waals surface area contributed by atoms with E-state index in [-0.39, 0.29) is 30.2 Å². The van der Waals surface area contributed by atoms with E-state index in [4.69, 9.17) is 4.74 Å². The number of aryl methyl sites for hydroxylation is 1. The number of anilines is 1. The van der Waals surface area contributed by atoms with Crippen LogP contribution in [0.1, 0.15) is 47.1 Å². The maximum absolute atomic E-state index is 12.6. The summed E-state index contributed by atoms with van der Waals surface area (Å²) in [5.41, 5.74) is 1.65. The minimum Gasteiger partial charge on any atom is -0.497 e. The van der Waals surface area contributed by atoms with Crippen LogP contribution in [-0.2, 0) is 9.59 Å². The number of amides is 3. The lowest BCUT2D eigenvalue weighted by Gasteiger charge is -2.21. The number of hydrogen-bond acceptors (Lipinski definition) is 6. The van der Waals surface area contributed by atoms with E-state index in [2.05, 4.69) is 15.3 Å². The van der Waals surface area contributed by atoms with Crippen LogP contribution >= 0.6 is 0 Å². The highest BCUT2D eigenvalue weighted by molar-refractivity contribution is 6.04. The van der Waals surface area contributed by atoms with E-state index < -0.39 is 0 Å². The fraction of sp³-hybridized carbons (Fsp3) is 0.435. The molecule has 2 aliphatic rings. The third-order valence-electron chi connectivity index (χ3n) is 5.99. The summed E-state index contributed by atoms with van der Waals surface area (Å²) in [6, 6.07) is 7.08. The molecule has 2 aliphatic heterocycles. The van der Waals surface area contributed by atoms with Crippen molar-refractivity contribution in [3.05, 3.63) is 47.5 Å². The smallest absolute Gasteiger partial charge is 0.259 e. The Hall–Kier alpha value is -3.49. The summed E-state index contributed by atoms with van der Waals surface area (Å²) in [5.74, 6) is 1.11. The minimum atomic E-state index is -0.280. The molecule has 0 bridgehead atoms. The van der Waals surface area contributed by atoms with Crippen molar-refractivity contribution in [3.8, 4) is 5.75 Å². The Bertz CT molecular complexity index is 1020. The minimum absolute atomic E-state index is 0.0191. The van der Waals surface area contributed by atoms with E-state index in [1.807, 2.05) is 0 Å². The molecule has 1 N–H and O–H groups in total. The molecule has 3 amide bonds. The van der Waals surface area contributed by atoms with Gasteiger partial charge in [0.1, 0.15) is 11.6 Å². The van der Waals surface area contributed by atoms with Crippen LogP contribution in [0.25, 0.3) is 0 Å². The van der Waals surface area contributed by atoms with Crippen LogP contribution in [-0.4, -0.2) is 70.8 Å². The number of nitrogens with zero attached hydrogens (tertiary/aromatic N) is 4. The van der Waals surface area contributed by atoms with Gasteiger partial charge in [0.05, 0.1) is 24.9 Å². The number of ether oxygens (including phenoxy) is 1. The van der Waals surface area contributed by atoms with Crippen molar-refractivity contribution in [3.63, 3.8) is 0 Å². The molecule has 4 rings (SSSR count). The molecule has 0 spiro atoms. The molecule has 0 radical (unpaired) electrons. The highest BCUT2D eigenvalue weighted by Crippen LogP contribution is 2.26. The molecular formula is C23H27N5O4. The molecule has 32 heavy (non-hydrogen) atoms. The SMILES string of the molecule is COc1ccc(NC(=O)c2cnc(C3CCN(C(=O)CN4CCCC4=O)C3)nc2C)cc1. The monoisotopic (exact) mass is 437 g/mol. The first-order valence-electron chi connectivity index (χ1n) is 10.8. The van der Waals surface area contributed by atoms with E-state index in [9.17, 15) is 14.4 Å². The number of rotatable bonds is 6. The van der Waals surface area contributed by atoms with Crippen molar-refractivity contribution in [1.29, 1.82) is 0 Å². The number of carbonyl (C=O) groups excluding carboxylic acids is 3. The van der Waals surface area contributed by atoms with Gasteiger partial charge in [-0.15, -0.1) is 0 Å². The first-order valence-corrected chi connectivity index (χ1v) is 10.8. The summed E-state index contributed by atoms with van der Waals surface area (Å²) in [6.45, 7) is 3.73. The molecule has 1 atom stereocenters. The van der Waals surface area contributed by atoms with Gasteiger partial charge in [-0.05, 0) is 44.0 Å². The van der Waals surface area contributed by atoms with Crippen molar-refractivity contribution in [1.82, 2.24) is 19.8 Å². The molecule has 2 aromatic rings. The van der Waals surface area contributed by atoms with Crippen LogP contribution in [0.4, 0.5) is 5.69 Å². The first-order chi connectivity index (χ1) is 15.4. The number of benzene rings is 1. The Labute approximate surface area is 186 Å². The lowest BCUT2D eigenvalue weighted by atomic mass is 10.1. The zero-order valence-corrected chi connectivity index (χ0v) is 18.3. The largest absolute Gasteiger partial charge is 0.497 e. The normalized spacial score (nSPS) is 18.2. The van der Waals surface area contributed by atoms with E-state index in [1.54, 1.807) is 54.3 Å². The third-order valence-corrected chi connectivity index (χ3v) is 5.99. The predicted octanol–water partition coefficient (Wildman–Crippen LogP) is 1.98. The lowest BCUT2D eigenvalue weighted by molar-refractivity contribution is -0.137. The van der Waals surface area contributed by atoms with Gasteiger partial charge < -0.3 is 19.9 Å². The van der Waals surface area contributed by atoms with Gasteiger partial charge in [-0.3, -0.25) is 14.4 Å². The van der Waals surface area contributed by atoms with Crippen LogP contribution in [0.3, 0.4) is 0 Å². The van der Waals surface area contributed by atoms with Crippen LogP contribution in [0, 0.1) is 6.92 Å². The molecule has 1 aromatic carbocycles. The summed E-state index contributed by atoms with van der Waals surface area (Å²) in [4.78, 5) is 49.4. The lowest BCUT2D eigenvalue weighted by Crippen LogP contribution is -2.39. The molecule has 1 aromatic heterocycles. The predicted molar refractivity (Wildman–Crippen MR) is 117 cm³/mol. The second-order valence-electron chi connectivity index (χ2n) is 8.15. The molecule has 1 unspecified atom stereocenters. The van der Waals surface area contributed by atoms with Gasteiger partial charge in [-0.2, -0.15) is 0 Å². The zero-order valence-electron chi connectivity index (χ0n) is 18.3. The van der Waals surface area contributed by atoms with Gasteiger partial charge >= 0.3 is 0 Å². The van der Waals surface area contributed by atoms with E-state index in [0.29, 0.717) is 54.6 Å². The molecule has 9 heteroatoms. The molecule has 9 nitrogen and oxygen atoms in total. The molecule has 3 heterocycles. The molecular weight excluding hydrogens is 410 g/mol. The number of aromatic nitrogens is 2. The van der Waals surface area contributed by atoms with Gasteiger partial charge in [-0.1, -0.05) is 0 Å². The van der Waals surface area contributed by atoms with E-state index in [0.717, 1.165) is 12.8 Å². The molecule has 2 saturated heterocycles. The Morgan fingerprint density at radius 3 is 2.66 bits per heavy atom. The second-order valence-corrected chi connectivity index (χ2v) is 8.15. The maximum atomic E-state index is 12.6. The summed E-state index contributed by atoms with van der Waals surface area (Å²) in [7, 11) is 1.59. The average Bonchev–Trinajstić information content (AvgIpc) is 3.44. The second kappa shape index (κ2) is 9.33. The molecule has 168 valence electrons. The maximum Gasteiger partial charge on any atom is 0.259 e. The van der Waals surface area contributed by atoms with Gasteiger partial charge in [0.15, 0.2) is 0 Å². The molecule has 2 fully saturated rings. The Morgan fingerprint density at radius 2 is 2.00 bits per heavy atom. The number of carbonyl (C=O) groups is 3. The van der Waals surface area contributed by atoms with Crippen molar-refractivity contribution in [2.75, 3.05) is 38.6 Å².